The smallest absolute Gasteiger partial charge is 0.336 e. The molecule has 3 N–H and O–H groups in total. The van der Waals surface area contributed by atoms with E-state index < -0.39 is 13.2 Å². The van der Waals surface area contributed by atoms with Crippen LogP contribution in [0.2, 0.25) is 0 Å². The summed E-state index contributed by atoms with van der Waals surface area (Å²) in [4.78, 5) is 29.0. The molecule has 0 saturated heterocycles. The molecule has 23 heavy (non-hydrogen) atoms. The number of hydrogen-bond acceptors (Lipinski definition) is 5. The Labute approximate surface area is 137 Å². The summed E-state index contributed by atoms with van der Waals surface area (Å²) in [6.45, 7) is 0.387. The summed E-state index contributed by atoms with van der Waals surface area (Å²) >= 11 is 4.99. The zero-order valence-electron chi connectivity index (χ0n) is 12.1. The number of hydrogen-bond donors (Lipinski definition) is 3. The summed E-state index contributed by atoms with van der Waals surface area (Å²) in [6.07, 6.45) is 0.0542. The van der Waals surface area contributed by atoms with Crippen LogP contribution in [0.1, 0.15) is 12.0 Å². The molecule has 1 aromatic carbocycles. The van der Waals surface area contributed by atoms with E-state index in [2.05, 4.69) is 5.32 Å². The first-order valence-electron chi connectivity index (χ1n) is 6.82. The maximum atomic E-state index is 11.5. The number of para-hydroxylation sites is 1. The van der Waals surface area contributed by atoms with E-state index in [0.29, 0.717) is 17.7 Å². The summed E-state index contributed by atoms with van der Waals surface area (Å²) in [5, 5.41) is 3.62. The molecule has 0 aliphatic carbocycles. The van der Waals surface area contributed by atoms with Gasteiger partial charge >= 0.3 is 13.2 Å². The maximum Gasteiger partial charge on any atom is 0.336 e. The van der Waals surface area contributed by atoms with Crippen molar-refractivity contribution in [3.05, 3.63) is 46.3 Å². The molecule has 0 fully saturated rings. The molecular formula is C14H16NO6PS. The Morgan fingerprint density at radius 2 is 2.09 bits per heavy atom. The predicted molar refractivity (Wildman–Crippen MR) is 89.4 cm³/mol. The second-order valence-electron chi connectivity index (χ2n) is 4.83. The van der Waals surface area contributed by atoms with Gasteiger partial charge in [-0.15, -0.1) is 0 Å². The molecule has 0 bridgehead atoms. The van der Waals surface area contributed by atoms with Crippen LogP contribution >= 0.6 is 19.8 Å². The molecule has 0 amide bonds. The van der Waals surface area contributed by atoms with E-state index in [1.54, 1.807) is 12.1 Å². The largest absolute Gasteiger partial charge is 0.466 e. The van der Waals surface area contributed by atoms with E-state index in [-0.39, 0.29) is 24.4 Å². The van der Waals surface area contributed by atoms with E-state index in [0.717, 1.165) is 5.39 Å². The topological polar surface area (TPSA) is 109 Å². The van der Waals surface area contributed by atoms with Crippen LogP contribution in [0.25, 0.3) is 11.0 Å². The molecule has 0 aliphatic rings. The maximum absolute atomic E-state index is 11.5. The monoisotopic (exact) mass is 357 g/mol. The fraction of sp³-hybridized carbons (Fsp3) is 0.286. The molecule has 7 nitrogen and oxygen atoms in total. The van der Waals surface area contributed by atoms with Crippen LogP contribution in [-0.2, 0) is 15.9 Å². The Bertz CT molecular complexity index is 799. The van der Waals surface area contributed by atoms with Gasteiger partial charge in [0.15, 0.2) is 0 Å². The van der Waals surface area contributed by atoms with Crippen molar-refractivity contribution in [1.29, 1.82) is 0 Å². The Kier molecular flexibility index (Phi) is 5.90. The lowest BCUT2D eigenvalue weighted by atomic mass is 10.1. The predicted octanol–water partition coefficient (Wildman–Crippen LogP) is 1.75. The van der Waals surface area contributed by atoms with E-state index in [1.165, 1.54) is 6.07 Å². The first-order valence-corrected chi connectivity index (χ1v) is 9.03. The van der Waals surface area contributed by atoms with Gasteiger partial charge in [0.2, 0.25) is 0 Å². The normalized spacial score (nSPS) is 11.4. The van der Waals surface area contributed by atoms with Crippen molar-refractivity contribution < 1.29 is 23.5 Å². The van der Waals surface area contributed by atoms with Crippen LogP contribution in [0.3, 0.4) is 0 Å². The van der Waals surface area contributed by atoms with Crippen molar-refractivity contribution in [2.45, 2.75) is 13.0 Å². The van der Waals surface area contributed by atoms with Crippen LogP contribution in [0.15, 0.2) is 39.5 Å². The van der Waals surface area contributed by atoms with E-state index in [1.807, 2.05) is 12.1 Å². The van der Waals surface area contributed by atoms with Crippen molar-refractivity contribution in [1.82, 2.24) is 5.32 Å². The van der Waals surface area contributed by atoms with Gasteiger partial charge in [0.1, 0.15) is 12.2 Å². The fourth-order valence-corrected chi connectivity index (χ4v) is 2.70. The third kappa shape index (κ3) is 5.76. The first kappa shape index (κ1) is 17.6. The zero-order chi connectivity index (χ0) is 16.9. The van der Waals surface area contributed by atoms with Gasteiger partial charge in [-0.2, -0.15) is 0 Å². The van der Waals surface area contributed by atoms with Crippen molar-refractivity contribution >= 4 is 36.0 Å². The van der Waals surface area contributed by atoms with Crippen LogP contribution < -0.4 is 10.9 Å². The van der Waals surface area contributed by atoms with Gasteiger partial charge in [0.05, 0.1) is 6.16 Å². The Morgan fingerprint density at radius 1 is 1.35 bits per heavy atom. The van der Waals surface area contributed by atoms with Crippen molar-refractivity contribution in [3.8, 4) is 0 Å². The Hall–Kier alpha value is -1.73. The molecule has 0 atom stereocenters. The van der Waals surface area contributed by atoms with Gasteiger partial charge in [-0.1, -0.05) is 18.2 Å². The minimum absolute atomic E-state index is 0.0937. The zero-order valence-corrected chi connectivity index (χ0v) is 13.8. The van der Waals surface area contributed by atoms with Gasteiger partial charge < -0.3 is 24.3 Å². The molecule has 124 valence electrons. The van der Waals surface area contributed by atoms with Gasteiger partial charge in [-0.3, -0.25) is 4.57 Å². The van der Waals surface area contributed by atoms with Gasteiger partial charge in [0.25, 0.3) is 5.17 Å². The molecule has 2 aromatic rings. The quantitative estimate of drug-likeness (QED) is 0.311. The minimum atomic E-state index is -3.99. The number of rotatable bonds is 6. The molecule has 0 radical (unpaired) electrons. The van der Waals surface area contributed by atoms with Crippen molar-refractivity contribution in [2.24, 2.45) is 0 Å². The molecule has 1 aromatic heterocycles. The number of benzene rings is 1. The fourth-order valence-electron chi connectivity index (χ4n) is 1.97. The molecule has 1 heterocycles. The van der Waals surface area contributed by atoms with Crippen LogP contribution in [-0.4, -0.2) is 27.7 Å². The van der Waals surface area contributed by atoms with Crippen LogP contribution in [0.4, 0.5) is 0 Å². The summed E-state index contributed by atoms with van der Waals surface area (Å²) < 4.78 is 21.2. The molecule has 0 spiro atoms. The highest BCUT2D eigenvalue weighted by Crippen LogP contribution is 2.34. The first-order chi connectivity index (χ1) is 10.8. The number of ether oxygens (including phenoxy) is 1. The molecule has 2 rings (SSSR count). The lowest BCUT2D eigenvalue weighted by molar-refractivity contribution is 0.287. The second kappa shape index (κ2) is 7.70. The van der Waals surface area contributed by atoms with Gasteiger partial charge in [0, 0.05) is 23.6 Å². The van der Waals surface area contributed by atoms with Crippen molar-refractivity contribution in [2.75, 3.05) is 12.7 Å². The third-order valence-electron chi connectivity index (χ3n) is 2.99. The highest BCUT2D eigenvalue weighted by Gasteiger charge is 2.12. The highest BCUT2D eigenvalue weighted by molar-refractivity contribution is 7.80. The molecule has 9 heteroatoms. The third-order valence-corrected chi connectivity index (χ3v) is 4.15. The summed E-state index contributed by atoms with van der Waals surface area (Å²) in [7, 11) is -3.99. The van der Waals surface area contributed by atoms with Crippen molar-refractivity contribution in [3.63, 3.8) is 0 Å². The SMILES string of the molecule is O=c1cc(COC(=S)NCCCP(=O)(O)O)c2ccccc2o1. The average Bonchev–Trinajstić information content (AvgIpc) is 2.48. The van der Waals surface area contributed by atoms with E-state index in [9.17, 15) is 9.36 Å². The Morgan fingerprint density at radius 3 is 2.83 bits per heavy atom. The van der Waals surface area contributed by atoms with Gasteiger partial charge in [-0.25, -0.2) is 4.79 Å². The molecule has 0 saturated carbocycles. The lowest BCUT2D eigenvalue weighted by Gasteiger charge is -2.11. The highest BCUT2D eigenvalue weighted by atomic mass is 32.1. The summed E-state index contributed by atoms with van der Waals surface area (Å²) in [6, 6.07) is 8.44. The molecule has 0 unspecified atom stereocenters. The number of nitrogens with one attached hydrogen (secondary N) is 1. The standard InChI is InChI=1S/C14H16NO6PS/c16-13-8-10(11-4-1-2-5-12(11)21-13)9-20-14(23)15-6-3-7-22(17,18)19/h1-2,4-5,8H,3,6-7,9H2,(H,15,23)(H2,17,18,19). The summed E-state index contributed by atoms with van der Waals surface area (Å²) in [5.41, 5.74) is 0.651. The summed E-state index contributed by atoms with van der Waals surface area (Å²) in [5.74, 6) is 0. The lowest BCUT2D eigenvalue weighted by Crippen LogP contribution is -2.25. The van der Waals surface area contributed by atoms with E-state index >= 15 is 0 Å². The molecular weight excluding hydrogens is 341 g/mol. The van der Waals surface area contributed by atoms with E-state index in [4.69, 9.17) is 31.2 Å². The molecule has 0 aliphatic heterocycles. The number of fused-ring (bicyclic) bond motifs is 1. The van der Waals surface area contributed by atoms with Gasteiger partial charge in [-0.05, 0) is 24.7 Å². The minimum Gasteiger partial charge on any atom is -0.466 e. The van der Waals surface area contributed by atoms with Crippen LogP contribution in [0.5, 0.6) is 0 Å². The average molecular weight is 357 g/mol. The second-order valence-corrected chi connectivity index (χ2v) is 6.98. The Balaban J connectivity index is 1.90. The van der Waals surface area contributed by atoms with Crippen LogP contribution in [0, 0.1) is 0 Å². The number of thiocarbonyl (C=S) groups is 1.